The number of hydrogen-bond donors (Lipinski definition) is 2. The average molecular weight is 446 g/mol. The number of nitrogens with one attached hydrogen (secondary N) is 1. The highest BCUT2D eigenvalue weighted by Gasteiger charge is 2.31. The monoisotopic (exact) mass is 446 g/mol. The zero-order valence-corrected chi connectivity index (χ0v) is 17.7. The predicted molar refractivity (Wildman–Crippen MR) is 117 cm³/mol. The Kier molecular flexibility index (Phi) is 7.61. The van der Waals surface area contributed by atoms with E-state index in [1.54, 1.807) is 12.1 Å². The van der Waals surface area contributed by atoms with E-state index in [0.717, 1.165) is 27.2 Å². The van der Waals surface area contributed by atoms with Gasteiger partial charge in [0.15, 0.2) is 0 Å². The van der Waals surface area contributed by atoms with Gasteiger partial charge in [-0.05, 0) is 28.7 Å². The molecule has 1 aliphatic carbocycles. The van der Waals surface area contributed by atoms with E-state index >= 15 is 0 Å². The van der Waals surface area contributed by atoms with Gasteiger partial charge in [-0.1, -0.05) is 48.5 Å². The van der Waals surface area contributed by atoms with Crippen molar-refractivity contribution in [2.24, 2.45) is 0 Å². The third kappa shape index (κ3) is 5.46. The van der Waals surface area contributed by atoms with Crippen molar-refractivity contribution in [1.82, 2.24) is 10.2 Å². The molecular weight excluding hydrogens is 424 g/mol. The van der Waals surface area contributed by atoms with Gasteiger partial charge in [-0.3, -0.25) is 9.59 Å². The molecule has 2 N–H and O–H groups in total. The quantitative estimate of drug-likeness (QED) is 0.564. The summed E-state index contributed by atoms with van der Waals surface area (Å²) in [4.78, 5) is 37.2. The Morgan fingerprint density at radius 2 is 1.55 bits per heavy atom. The number of amides is 2. The van der Waals surface area contributed by atoms with Gasteiger partial charge < -0.3 is 20.1 Å². The highest BCUT2D eigenvalue weighted by molar-refractivity contribution is 5.86. The van der Waals surface area contributed by atoms with Crippen LogP contribution in [0.15, 0.2) is 48.5 Å². The number of nitrogens with zero attached hydrogens (tertiary/aromatic N) is 3. The lowest BCUT2D eigenvalue weighted by Gasteiger charge is -2.24. The zero-order valence-electron chi connectivity index (χ0n) is 17.7. The molecule has 0 bridgehead atoms. The molecule has 3 rings (SSSR count). The lowest BCUT2D eigenvalue weighted by molar-refractivity contribution is -0.137. The minimum absolute atomic E-state index is 0.0276. The first-order valence-electron chi connectivity index (χ1n) is 10.3. The van der Waals surface area contributed by atoms with E-state index < -0.39 is 24.0 Å². The Morgan fingerprint density at radius 1 is 1.00 bits per heavy atom. The van der Waals surface area contributed by atoms with Crippen LogP contribution in [0, 0.1) is 22.7 Å². The minimum Gasteiger partial charge on any atom is -0.481 e. The van der Waals surface area contributed by atoms with Crippen molar-refractivity contribution in [2.45, 2.75) is 24.8 Å². The van der Waals surface area contributed by atoms with E-state index in [2.05, 4.69) is 5.32 Å². The highest BCUT2D eigenvalue weighted by Crippen LogP contribution is 2.44. The molecule has 0 heterocycles. The highest BCUT2D eigenvalue weighted by atomic mass is 16.5. The molecule has 0 fully saturated rings. The van der Waals surface area contributed by atoms with Crippen LogP contribution in [0.5, 0.6) is 0 Å². The van der Waals surface area contributed by atoms with E-state index in [9.17, 15) is 14.4 Å². The second kappa shape index (κ2) is 10.8. The normalized spacial score (nSPS) is 12.4. The zero-order chi connectivity index (χ0) is 23.8. The summed E-state index contributed by atoms with van der Waals surface area (Å²) in [5.41, 5.74) is 4.19. The predicted octanol–water partition coefficient (Wildman–Crippen LogP) is 2.63. The maximum atomic E-state index is 12.7. The van der Waals surface area contributed by atoms with Crippen molar-refractivity contribution in [3.05, 3.63) is 59.7 Å². The Balaban J connectivity index is 1.70. The first-order valence-corrected chi connectivity index (χ1v) is 10.3. The summed E-state index contributed by atoms with van der Waals surface area (Å²) in [6, 6.07) is 18.0. The summed E-state index contributed by atoms with van der Waals surface area (Å²) < 4.78 is 5.43. The number of aliphatic carboxylic acids is 1. The summed E-state index contributed by atoms with van der Waals surface area (Å²) >= 11 is 0. The molecule has 0 radical (unpaired) electrons. The van der Waals surface area contributed by atoms with E-state index in [1.165, 1.54) is 0 Å². The molecule has 0 saturated carbocycles. The molecule has 0 saturated heterocycles. The first kappa shape index (κ1) is 23.3. The van der Waals surface area contributed by atoms with Crippen LogP contribution in [0.25, 0.3) is 11.1 Å². The second-order valence-electron chi connectivity index (χ2n) is 7.47. The molecule has 33 heavy (non-hydrogen) atoms. The van der Waals surface area contributed by atoms with Gasteiger partial charge >= 0.3 is 12.1 Å². The molecule has 1 unspecified atom stereocenters. The second-order valence-corrected chi connectivity index (χ2v) is 7.47. The van der Waals surface area contributed by atoms with E-state index in [0.29, 0.717) is 0 Å². The number of hydrogen-bond acceptors (Lipinski definition) is 6. The number of ether oxygens (including phenoxy) is 1. The van der Waals surface area contributed by atoms with Crippen molar-refractivity contribution in [2.75, 3.05) is 19.7 Å². The molecule has 168 valence electrons. The van der Waals surface area contributed by atoms with Crippen molar-refractivity contribution >= 4 is 18.0 Å². The third-order valence-electron chi connectivity index (χ3n) is 5.42. The summed E-state index contributed by atoms with van der Waals surface area (Å²) in [5, 5.41) is 29.2. The third-order valence-corrected chi connectivity index (χ3v) is 5.42. The van der Waals surface area contributed by atoms with Crippen LogP contribution in [0.2, 0.25) is 0 Å². The SMILES string of the molecule is N#CCN(CC#N)C(=O)C(CCC(=O)O)NC(=O)OCC1c2ccccc2-c2ccccc21. The fourth-order valence-electron chi connectivity index (χ4n) is 3.91. The van der Waals surface area contributed by atoms with Crippen LogP contribution in [0.3, 0.4) is 0 Å². The molecule has 2 aromatic carbocycles. The van der Waals surface area contributed by atoms with Gasteiger partial charge in [-0.25, -0.2) is 4.79 Å². The fourth-order valence-corrected chi connectivity index (χ4v) is 3.91. The molecular formula is C24H22N4O5. The summed E-state index contributed by atoms with van der Waals surface area (Å²) in [6.45, 7) is -0.690. The number of rotatable bonds is 9. The van der Waals surface area contributed by atoms with Crippen molar-refractivity contribution in [3.63, 3.8) is 0 Å². The molecule has 1 atom stereocenters. The Bertz CT molecular complexity index is 1070. The van der Waals surface area contributed by atoms with Gasteiger partial charge in [-0.2, -0.15) is 10.5 Å². The van der Waals surface area contributed by atoms with Gasteiger partial charge in [0, 0.05) is 12.3 Å². The Hall–Kier alpha value is -4.37. The molecule has 2 amide bonds. The standard InChI is InChI=1S/C24H22N4O5/c25-11-13-28(14-12-26)23(31)21(9-10-22(29)30)27-24(32)33-15-20-18-7-3-1-5-16(18)17-6-2-4-8-19(17)20/h1-8,20-21H,9-10,13-15H2,(H,27,32)(H,29,30). The van der Waals surface area contributed by atoms with Crippen LogP contribution < -0.4 is 5.32 Å². The Morgan fingerprint density at radius 3 is 2.06 bits per heavy atom. The first-order chi connectivity index (χ1) is 16.0. The van der Waals surface area contributed by atoms with Crippen LogP contribution in [-0.2, 0) is 14.3 Å². The molecule has 1 aliphatic rings. The van der Waals surface area contributed by atoms with Gasteiger partial charge in [0.1, 0.15) is 25.7 Å². The molecule has 9 nitrogen and oxygen atoms in total. The number of nitriles is 2. The van der Waals surface area contributed by atoms with Crippen LogP contribution >= 0.6 is 0 Å². The lowest BCUT2D eigenvalue weighted by atomic mass is 9.98. The fraction of sp³-hybridized carbons (Fsp3) is 0.292. The molecule has 9 heteroatoms. The van der Waals surface area contributed by atoms with Crippen molar-refractivity contribution in [3.8, 4) is 23.3 Å². The maximum Gasteiger partial charge on any atom is 0.407 e. The summed E-state index contributed by atoms with van der Waals surface area (Å²) in [6.07, 6.45) is -1.46. The number of carboxylic acids is 1. The van der Waals surface area contributed by atoms with Gasteiger partial charge in [0.25, 0.3) is 0 Å². The van der Waals surface area contributed by atoms with Crippen molar-refractivity contribution in [1.29, 1.82) is 10.5 Å². The topological polar surface area (TPSA) is 144 Å². The molecule has 0 spiro atoms. The lowest BCUT2D eigenvalue weighted by Crippen LogP contribution is -2.49. The van der Waals surface area contributed by atoms with Crippen LogP contribution in [0.1, 0.15) is 29.9 Å². The maximum absolute atomic E-state index is 12.7. The van der Waals surface area contributed by atoms with Crippen LogP contribution in [-0.4, -0.2) is 53.7 Å². The number of carbonyl (C=O) groups is 3. The molecule has 0 aliphatic heterocycles. The van der Waals surface area contributed by atoms with E-state index in [4.69, 9.17) is 20.4 Å². The van der Waals surface area contributed by atoms with Crippen LogP contribution in [0.4, 0.5) is 4.79 Å². The minimum atomic E-state index is -1.24. The molecule has 2 aromatic rings. The van der Waals surface area contributed by atoms with E-state index in [1.807, 2.05) is 48.5 Å². The smallest absolute Gasteiger partial charge is 0.407 e. The summed E-state index contributed by atoms with van der Waals surface area (Å²) in [5.74, 6) is -2.04. The van der Waals surface area contributed by atoms with Gasteiger partial charge in [0.2, 0.25) is 5.91 Å². The Labute approximate surface area is 190 Å². The molecule has 0 aromatic heterocycles. The average Bonchev–Trinajstić information content (AvgIpc) is 3.13. The summed E-state index contributed by atoms with van der Waals surface area (Å²) in [7, 11) is 0. The van der Waals surface area contributed by atoms with Crippen molar-refractivity contribution < 1.29 is 24.2 Å². The van der Waals surface area contributed by atoms with Gasteiger partial charge in [-0.15, -0.1) is 0 Å². The number of carboxylic acid groups (broad SMARTS) is 1. The number of alkyl carbamates (subject to hydrolysis) is 1. The van der Waals surface area contributed by atoms with E-state index in [-0.39, 0.29) is 38.5 Å². The van der Waals surface area contributed by atoms with Gasteiger partial charge in [0.05, 0.1) is 12.1 Å². The number of fused-ring (bicyclic) bond motifs is 3. The number of benzene rings is 2. The largest absolute Gasteiger partial charge is 0.481 e. The number of carbonyl (C=O) groups excluding carboxylic acids is 2.